The lowest BCUT2D eigenvalue weighted by Gasteiger charge is -2.13. The van der Waals surface area contributed by atoms with E-state index < -0.39 is 16.4 Å². The summed E-state index contributed by atoms with van der Waals surface area (Å²) in [6.45, 7) is 2.16. The summed E-state index contributed by atoms with van der Waals surface area (Å²) >= 11 is 1.87. The van der Waals surface area contributed by atoms with Gasteiger partial charge in [-0.2, -0.15) is 16.2 Å². The molecular weight excluding hydrogens is 243 g/mol. The molecule has 0 radical (unpaired) electrons. The molecule has 0 bridgehead atoms. The van der Waals surface area contributed by atoms with E-state index in [0.29, 0.717) is 17.0 Å². The number of benzene rings is 1. The Bertz CT molecular complexity index is 441. The Hall–Kier alpha value is -1.30. The van der Waals surface area contributed by atoms with Crippen LogP contribution in [0.15, 0.2) is 18.2 Å². The molecule has 0 amide bonds. The third-order valence-corrected chi connectivity index (χ3v) is 4.07. The monoisotopic (exact) mass is 256 g/mol. The fourth-order valence-corrected chi connectivity index (χ4v) is 3.05. The molecule has 92 valence electrons. The van der Waals surface area contributed by atoms with Crippen molar-refractivity contribution in [3.63, 3.8) is 0 Å². The van der Waals surface area contributed by atoms with Crippen molar-refractivity contribution in [2.45, 2.75) is 24.6 Å². The minimum Gasteiger partial charge on any atom is -0.381 e. The van der Waals surface area contributed by atoms with E-state index in [1.54, 1.807) is 6.07 Å². The van der Waals surface area contributed by atoms with Gasteiger partial charge in [-0.1, -0.05) is 6.92 Å². The van der Waals surface area contributed by atoms with Crippen LogP contribution in [-0.2, 0) is 0 Å². The van der Waals surface area contributed by atoms with Gasteiger partial charge in [-0.25, -0.2) is 0 Å². The normalized spacial score (nSPS) is 23.6. The Morgan fingerprint density at radius 2 is 2.35 bits per heavy atom. The Kier molecular flexibility index (Phi) is 3.51. The number of halogens is 1. The molecule has 0 spiro atoms. The van der Waals surface area contributed by atoms with Gasteiger partial charge in [0.15, 0.2) is 0 Å². The molecule has 1 aliphatic rings. The molecule has 0 saturated carbocycles. The molecule has 6 heteroatoms. The van der Waals surface area contributed by atoms with Crippen LogP contribution < -0.4 is 5.32 Å². The number of hydrogen-bond donors (Lipinski definition) is 1. The Labute approximate surface area is 103 Å². The zero-order chi connectivity index (χ0) is 12.4. The molecule has 1 saturated heterocycles. The second kappa shape index (κ2) is 4.91. The highest BCUT2D eigenvalue weighted by Gasteiger charge is 2.22. The minimum absolute atomic E-state index is 0.316. The van der Waals surface area contributed by atoms with Gasteiger partial charge in [0.25, 0.3) is 0 Å². The van der Waals surface area contributed by atoms with E-state index in [1.165, 1.54) is 12.1 Å². The first kappa shape index (κ1) is 12.2. The SMILES string of the molecule is CC1CC(Nc2ccc([N+](=O)[O-])c(F)c2)CS1. The van der Waals surface area contributed by atoms with Crippen molar-refractivity contribution in [3.8, 4) is 0 Å². The number of nitro groups is 1. The number of rotatable bonds is 3. The lowest BCUT2D eigenvalue weighted by molar-refractivity contribution is -0.387. The maximum absolute atomic E-state index is 13.4. The smallest absolute Gasteiger partial charge is 0.304 e. The minimum atomic E-state index is -0.793. The van der Waals surface area contributed by atoms with Crippen LogP contribution in [-0.4, -0.2) is 22.0 Å². The fraction of sp³-hybridized carbons (Fsp3) is 0.455. The Balaban J connectivity index is 2.07. The number of thioether (sulfide) groups is 1. The standard InChI is InChI=1S/C11H13FN2O2S/c1-7-4-9(6-17-7)13-8-2-3-11(14(15)16)10(12)5-8/h2-3,5,7,9,13H,4,6H2,1H3. The molecule has 1 heterocycles. The van der Waals surface area contributed by atoms with Gasteiger partial charge >= 0.3 is 5.69 Å². The number of nitrogens with zero attached hydrogens (tertiary/aromatic N) is 1. The van der Waals surface area contributed by atoms with E-state index in [-0.39, 0.29) is 0 Å². The zero-order valence-electron chi connectivity index (χ0n) is 9.35. The quantitative estimate of drug-likeness (QED) is 0.667. The number of anilines is 1. The summed E-state index contributed by atoms with van der Waals surface area (Å²) in [6, 6.07) is 4.25. The van der Waals surface area contributed by atoms with Crippen molar-refractivity contribution < 1.29 is 9.31 Å². The van der Waals surface area contributed by atoms with E-state index in [2.05, 4.69) is 12.2 Å². The van der Waals surface area contributed by atoms with Crippen molar-refractivity contribution in [1.82, 2.24) is 0 Å². The molecule has 4 nitrogen and oxygen atoms in total. The summed E-state index contributed by atoms with van der Waals surface area (Å²) in [5.41, 5.74) is 0.123. The topological polar surface area (TPSA) is 55.2 Å². The largest absolute Gasteiger partial charge is 0.381 e. The summed E-state index contributed by atoms with van der Waals surface area (Å²) in [7, 11) is 0. The van der Waals surface area contributed by atoms with Crippen LogP contribution in [0.2, 0.25) is 0 Å². The lowest BCUT2D eigenvalue weighted by atomic mass is 10.2. The molecule has 0 aromatic heterocycles. The van der Waals surface area contributed by atoms with Gasteiger partial charge in [-0.05, 0) is 12.5 Å². The van der Waals surface area contributed by atoms with Gasteiger partial charge in [0, 0.05) is 34.9 Å². The maximum atomic E-state index is 13.4. The van der Waals surface area contributed by atoms with E-state index in [1.807, 2.05) is 11.8 Å². The predicted molar refractivity (Wildman–Crippen MR) is 67.0 cm³/mol. The summed E-state index contributed by atoms with van der Waals surface area (Å²) in [5.74, 6) is 0.193. The molecule has 2 rings (SSSR count). The maximum Gasteiger partial charge on any atom is 0.304 e. The van der Waals surface area contributed by atoms with Crippen LogP contribution in [0.3, 0.4) is 0 Å². The molecule has 0 aliphatic carbocycles. The van der Waals surface area contributed by atoms with E-state index in [0.717, 1.165) is 12.2 Å². The predicted octanol–water partition coefficient (Wildman–Crippen LogP) is 3.04. The van der Waals surface area contributed by atoms with Gasteiger partial charge in [-0.15, -0.1) is 0 Å². The summed E-state index contributed by atoms with van der Waals surface area (Å²) < 4.78 is 13.4. The second-order valence-electron chi connectivity index (χ2n) is 4.14. The first-order chi connectivity index (χ1) is 8.06. The molecule has 17 heavy (non-hydrogen) atoms. The molecule has 2 unspecified atom stereocenters. The third kappa shape index (κ3) is 2.88. The van der Waals surface area contributed by atoms with Crippen molar-refractivity contribution in [1.29, 1.82) is 0 Å². The number of nitro benzene ring substituents is 1. The molecule has 2 atom stereocenters. The van der Waals surface area contributed by atoms with Crippen molar-refractivity contribution in [2.75, 3.05) is 11.1 Å². The summed E-state index contributed by atoms with van der Waals surface area (Å²) in [4.78, 5) is 9.75. The first-order valence-electron chi connectivity index (χ1n) is 5.38. The van der Waals surface area contributed by atoms with Crippen molar-refractivity contribution in [3.05, 3.63) is 34.1 Å². The fourth-order valence-electron chi connectivity index (χ4n) is 1.90. The number of nitrogens with one attached hydrogen (secondary N) is 1. The summed E-state index contributed by atoms with van der Waals surface area (Å²) in [5, 5.41) is 14.3. The van der Waals surface area contributed by atoms with Crippen molar-refractivity contribution in [2.24, 2.45) is 0 Å². The van der Waals surface area contributed by atoms with Crippen LogP contribution in [0.5, 0.6) is 0 Å². The van der Waals surface area contributed by atoms with Gasteiger partial charge in [0.1, 0.15) is 0 Å². The van der Waals surface area contributed by atoms with Crippen LogP contribution in [0, 0.1) is 15.9 Å². The molecular formula is C11H13FN2O2S. The van der Waals surface area contributed by atoms with Crippen LogP contribution in [0.1, 0.15) is 13.3 Å². The lowest BCUT2D eigenvalue weighted by Crippen LogP contribution is -2.18. The van der Waals surface area contributed by atoms with Crippen LogP contribution >= 0.6 is 11.8 Å². The molecule has 1 fully saturated rings. The van der Waals surface area contributed by atoms with Gasteiger partial charge < -0.3 is 5.32 Å². The Morgan fingerprint density at radius 3 is 2.88 bits per heavy atom. The third-order valence-electron chi connectivity index (χ3n) is 2.71. The van der Waals surface area contributed by atoms with Crippen molar-refractivity contribution >= 4 is 23.1 Å². The highest BCUT2D eigenvalue weighted by molar-refractivity contribution is 8.00. The highest BCUT2D eigenvalue weighted by atomic mass is 32.2. The van der Waals surface area contributed by atoms with Gasteiger partial charge in [0.2, 0.25) is 5.82 Å². The molecule has 1 aliphatic heterocycles. The highest BCUT2D eigenvalue weighted by Crippen LogP contribution is 2.29. The van der Waals surface area contributed by atoms with E-state index in [4.69, 9.17) is 0 Å². The van der Waals surface area contributed by atoms with Crippen LogP contribution in [0.4, 0.5) is 15.8 Å². The average molecular weight is 256 g/mol. The van der Waals surface area contributed by atoms with E-state index >= 15 is 0 Å². The van der Waals surface area contributed by atoms with Crippen LogP contribution in [0.25, 0.3) is 0 Å². The van der Waals surface area contributed by atoms with Gasteiger partial charge in [-0.3, -0.25) is 10.1 Å². The second-order valence-corrected chi connectivity index (χ2v) is 5.62. The first-order valence-corrected chi connectivity index (χ1v) is 6.43. The summed E-state index contributed by atoms with van der Waals surface area (Å²) in [6.07, 6.45) is 1.03. The molecule has 1 N–H and O–H groups in total. The zero-order valence-corrected chi connectivity index (χ0v) is 10.2. The Morgan fingerprint density at radius 1 is 1.59 bits per heavy atom. The molecule has 1 aromatic rings. The number of hydrogen-bond acceptors (Lipinski definition) is 4. The van der Waals surface area contributed by atoms with E-state index in [9.17, 15) is 14.5 Å². The van der Waals surface area contributed by atoms with Gasteiger partial charge in [0.05, 0.1) is 4.92 Å². The average Bonchev–Trinajstić information content (AvgIpc) is 2.63. The molecule has 1 aromatic carbocycles.